The van der Waals surface area contributed by atoms with E-state index in [4.69, 9.17) is 10.5 Å². The fourth-order valence-electron chi connectivity index (χ4n) is 2.09. The summed E-state index contributed by atoms with van der Waals surface area (Å²) in [5.74, 6) is 0.863. The average molecular weight is 396 g/mol. The number of carbonyl (C=O) groups excluding carboxylic acids is 1. The summed E-state index contributed by atoms with van der Waals surface area (Å²) >= 11 is 2.78. The number of thiophene rings is 1. The SMILES string of the molecule is NC(=NN=Cc1ccc(OC(=O)c2cccs2)cc1)SCc1ccccc1. The minimum Gasteiger partial charge on any atom is -0.422 e. The zero-order valence-electron chi connectivity index (χ0n) is 14.3. The number of carbonyl (C=O) groups is 1. The molecule has 0 aliphatic rings. The quantitative estimate of drug-likeness (QED) is 0.218. The van der Waals surface area contributed by atoms with Crippen LogP contribution in [0.2, 0.25) is 0 Å². The maximum Gasteiger partial charge on any atom is 0.353 e. The molecule has 2 N–H and O–H groups in total. The normalized spacial score (nSPS) is 11.6. The maximum absolute atomic E-state index is 11.9. The molecule has 136 valence electrons. The summed E-state index contributed by atoms with van der Waals surface area (Å²) in [5.41, 5.74) is 7.86. The van der Waals surface area contributed by atoms with Gasteiger partial charge in [0.2, 0.25) is 0 Å². The third-order valence-corrected chi connectivity index (χ3v) is 5.11. The van der Waals surface area contributed by atoms with Crippen molar-refractivity contribution in [1.82, 2.24) is 0 Å². The Bertz CT molecular complexity index is 922. The molecule has 5 nitrogen and oxygen atoms in total. The van der Waals surface area contributed by atoms with Gasteiger partial charge in [0.15, 0.2) is 5.17 Å². The van der Waals surface area contributed by atoms with Crippen molar-refractivity contribution in [2.24, 2.45) is 15.9 Å². The summed E-state index contributed by atoms with van der Waals surface area (Å²) in [4.78, 5) is 12.5. The Labute approximate surface area is 165 Å². The van der Waals surface area contributed by atoms with Crippen molar-refractivity contribution < 1.29 is 9.53 Å². The lowest BCUT2D eigenvalue weighted by molar-refractivity contribution is 0.0740. The van der Waals surface area contributed by atoms with Crippen molar-refractivity contribution in [2.75, 3.05) is 0 Å². The van der Waals surface area contributed by atoms with Crippen LogP contribution in [0.25, 0.3) is 0 Å². The molecule has 3 rings (SSSR count). The minimum absolute atomic E-state index is 0.362. The Hall–Kier alpha value is -2.90. The van der Waals surface area contributed by atoms with Gasteiger partial charge in [0.05, 0.1) is 6.21 Å². The molecule has 27 heavy (non-hydrogen) atoms. The van der Waals surface area contributed by atoms with E-state index < -0.39 is 0 Å². The van der Waals surface area contributed by atoms with Crippen LogP contribution < -0.4 is 10.5 Å². The number of amidine groups is 1. The van der Waals surface area contributed by atoms with E-state index in [1.165, 1.54) is 28.7 Å². The van der Waals surface area contributed by atoms with E-state index in [0.717, 1.165) is 11.3 Å². The van der Waals surface area contributed by atoms with Gasteiger partial charge in [0.1, 0.15) is 10.6 Å². The highest BCUT2D eigenvalue weighted by Crippen LogP contribution is 2.16. The van der Waals surface area contributed by atoms with Crippen LogP contribution in [0.15, 0.2) is 82.3 Å². The summed E-state index contributed by atoms with van der Waals surface area (Å²) in [6, 6.07) is 20.6. The lowest BCUT2D eigenvalue weighted by atomic mass is 10.2. The smallest absolute Gasteiger partial charge is 0.353 e. The van der Waals surface area contributed by atoms with Crippen molar-refractivity contribution in [3.8, 4) is 5.75 Å². The van der Waals surface area contributed by atoms with Crippen LogP contribution in [0.3, 0.4) is 0 Å². The van der Waals surface area contributed by atoms with Gasteiger partial charge >= 0.3 is 5.97 Å². The van der Waals surface area contributed by atoms with E-state index >= 15 is 0 Å². The second kappa shape index (κ2) is 9.70. The number of hydrogen-bond donors (Lipinski definition) is 1. The van der Waals surface area contributed by atoms with Crippen LogP contribution in [0.1, 0.15) is 20.8 Å². The fraction of sp³-hybridized carbons (Fsp3) is 0.0500. The Balaban J connectivity index is 1.50. The van der Waals surface area contributed by atoms with Gasteiger partial charge in [-0.25, -0.2) is 4.79 Å². The monoisotopic (exact) mass is 395 g/mol. The van der Waals surface area contributed by atoms with Gasteiger partial charge in [-0.15, -0.1) is 16.4 Å². The van der Waals surface area contributed by atoms with Crippen LogP contribution in [-0.4, -0.2) is 17.4 Å². The molecule has 3 aromatic rings. The second-order valence-corrected chi connectivity index (χ2v) is 7.34. The minimum atomic E-state index is -0.362. The van der Waals surface area contributed by atoms with Crippen molar-refractivity contribution in [2.45, 2.75) is 5.75 Å². The molecular weight excluding hydrogens is 378 g/mol. The van der Waals surface area contributed by atoms with Gasteiger partial charge in [0.25, 0.3) is 0 Å². The Kier molecular flexibility index (Phi) is 6.78. The molecule has 1 aromatic heterocycles. The molecule has 0 saturated heterocycles. The molecule has 0 amide bonds. The fourth-order valence-corrected chi connectivity index (χ4v) is 3.30. The standard InChI is InChI=1S/C20H17N3O2S2/c21-20(27-14-16-5-2-1-3-6-16)23-22-13-15-8-10-17(11-9-15)25-19(24)18-7-4-12-26-18/h1-13H,14H2,(H2,21,23). The molecule has 2 aromatic carbocycles. The molecule has 0 fully saturated rings. The third kappa shape index (κ3) is 6.09. The molecule has 7 heteroatoms. The zero-order valence-corrected chi connectivity index (χ0v) is 16.0. The van der Waals surface area contributed by atoms with Gasteiger partial charge < -0.3 is 10.5 Å². The lowest BCUT2D eigenvalue weighted by Crippen LogP contribution is -2.06. The van der Waals surface area contributed by atoms with Crippen LogP contribution in [0.5, 0.6) is 5.75 Å². The molecule has 0 saturated carbocycles. The van der Waals surface area contributed by atoms with Crippen LogP contribution in [0, 0.1) is 0 Å². The molecule has 0 spiro atoms. The summed E-state index contributed by atoms with van der Waals surface area (Å²) in [6.45, 7) is 0. The van der Waals surface area contributed by atoms with E-state index in [9.17, 15) is 4.79 Å². The van der Waals surface area contributed by atoms with Gasteiger partial charge in [-0.3, -0.25) is 0 Å². The highest BCUT2D eigenvalue weighted by Gasteiger charge is 2.08. The predicted molar refractivity (Wildman–Crippen MR) is 113 cm³/mol. The first-order valence-corrected chi connectivity index (χ1v) is 9.96. The number of hydrogen-bond acceptors (Lipinski definition) is 6. The van der Waals surface area contributed by atoms with E-state index in [1.807, 2.05) is 41.8 Å². The van der Waals surface area contributed by atoms with Crippen LogP contribution in [0.4, 0.5) is 0 Å². The number of nitrogens with zero attached hydrogens (tertiary/aromatic N) is 2. The van der Waals surface area contributed by atoms with Crippen molar-refractivity contribution in [3.05, 3.63) is 88.1 Å². The Morgan fingerprint density at radius 3 is 2.56 bits per heavy atom. The molecule has 0 radical (unpaired) electrons. The number of esters is 1. The Morgan fingerprint density at radius 2 is 1.85 bits per heavy atom. The molecule has 0 atom stereocenters. The number of benzene rings is 2. The molecule has 0 bridgehead atoms. The highest BCUT2D eigenvalue weighted by atomic mass is 32.2. The highest BCUT2D eigenvalue weighted by molar-refractivity contribution is 8.13. The first-order valence-electron chi connectivity index (χ1n) is 8.10. The molecule has 0 unspecified atom stereocenters. The van der Waals surface area contributed by atoms with Crippen molar-refractivity contribution in [3.63, 3.8) is 0 Å². The third-order valence-electron chi connectivity index (χ3n) is 3.41. The van der Waals surface area contributed by atoms with E-state index in [1.54, 1.807) is 36.5 Å². The molecular formula is C20H17N3O2S2. The van der Waals surface area contributed by atoms with Gasteiger partial charge in [-0.05, 0) is 46.8 Å². The van der Waals surface area contributed by atoms with E-state index in [0.29, 0.717) is 15.8 Å². The summed E-state index contributed by atoms with van der Waals surface area (Å²) in [6.07, 6.45) is 1.60. The largest absolute Gasteiger partial charge is 0.422 e. The Morgan fingerprint density at radius 1 is 1.07 bits per heavy atom. The predicted octanol–water partition coefficient (Wildman–Crippen LogP) is 4.55. The lowest BCUT2D eigenvalue weighted by Gasteiger charge is -2.02. The maximum atomic E-state index is 11.9. The van der Waals surface area contributed by atoms with Gasteiger partial charge in [-0.1, -0.05) is 48.2 Å². The first-order chi connectivity index (χ1) is 13.2. The van der Waals surface area contributed by atoms with E-state index in [-0.39, 0.29) is 5.97 Å². The molecule has 1 heterocycles. The molecule has 0 aliphatic carbocycles. The number of rotatable bonds is 6. The van der Waals surface area contributed by atoms with Crippen molar-refractivity contribution >= 4 is 40.5 Å². The topological polar surface area (TPSA) is 77.0 Å². The zero-order chi connectivity index (χ0) is 18.9. The number of ether oxygens (including phenoxy) is 1. The van der Waals surface area contributed by atoms with E-state index in [2.05, 4.69) is 10.2 Å². The number of thioether (sulfide) groups is 1. The summed E-state index contributed by atoms with van der Waals surface area (Å²) in [7, 11) is 0. The van der Waals surface area contributed by atoms with Crippen LogP contribution in [-0.2, 0) is 5.75 Å². The van der Waals surface area contributed by atoms with Gasteiger partial charge in [0, 0.05) is 5.75 Å². The first kappa shape index (κ1) is 18.9. The average Bonchev–Trinajstić information content (AvgIpc) is 3.24. The summed E-state index contributed by atoms with van der Waals surface area (Å²) < 4.78 is 5.31. The van der Waals surface area contributed by atoms with Crippen molar-refractivity contribution in [1.29, 1.82) is 0 Å². The summed E-state index contributed by atoms with van der Waals surface area (Å²) in [5, 5.41) is 10.2. The van der Waals surface area contributed by atoms with Crippen LogP contribution >= 0.6 is 23.1 Å². The molecule has 0 aliphatic heterocycles. The second-order valence-electron chi connectivity index (χ2n) is 5.39. The van der Waals surface area contributed by atoms with Gasteiger partial charge in [-0.2, -0.15) is 5.10 Å². The number of nitrogens with two attached hydrogens (primary N) is 1.